The van der Waals surface area contributed by atoms with E-state index in [1.807, 2.05) is 23.1 Å². The van der Waals surface area contributed by atoms with Crippen molar-refractivity contribution in [2.45, 2.75) is 148 Å². The molecule has 390 valence electrons. The van der Waals surface area contributed by atoms with Gasteiger partial charge in [-0.25, -0.2) is 8.78 Å². The van der Waals surface area contributed by atoms with Gasteiger partial charge in [0.15, 0.2) is 5.82 Å². The zero-order chi connectivity index (χ0) is 51.8. The number of nitrogens with zero attached hydrogens (tertiary/aromatic N) is 10. The van der Waals surface area contributed by atoms with Gasteiger partial charge < -0.3 is 29.5 Å². The predicted molar refractivity (Wildman–Crippen MR) is 275 cm³/mol. The third-order valence-electron chi connectivity index (χ3n) is 18.2. The number of benzene rings is 3. The average Bonchev–Trinajstić information content (AvgIpc) is 4.02. The number of tetrazole rings is 1. The summed E-state index contributed by atoms with van der Waals surface area (Å²) in [5, 5.41) is 30.4. The molecule has 0 radical (unpaired) electrons. The number of likely N-dealkylation sites (tertiary alicyclic amines) is 1. The maximum absolute atomic E-state index is 14.8. The van der Waals surface area contributed by atoms with Crippen molar-refractivity contribution in [3.05, 3.63) is 93.7 Å². The molecule has 0 unspecified atom stereocenters. The van der Waals surface area contributed by atoms with Gasteiger partial charge in [0.05, 0.1) is 32.3 Å². The lowest BCUT2D eigenvalue weighted by molar-refractivity contribution is -0.164. The highest BCUT2D eigenvalue weighted by atomic mass is 19.3. The maximum atomic E-state index is 14.8. The molecule has 3 saturated carbocycles. The van der Waals surface area contributed by atoms with Crippen LogP contribution in [0.2, 0.25) is 0 Å². The van der Waals surface area contributed by atoms with Crippen LogP contribution in [-0.2, 0) is 31.2 Å². The first kappa shape index (κ1) is 49.8. The van der Waals surface area contributed by atoms with Crippen LogP contribution < -0.4 is 19.7 Å². The van der Waals surface area contributed by atoms with Crippen molar-refractivity contribution in [1.29, 1.82) is 5.26 Å². The summed E-state index contributed by atoms with van der Waals surface area (Å²) in [4.78, 5) is 34.5. The van der Waals surface area contributed by atoms with Gasteiger partial charge in [0, 0.05) is 102 Å². The van der Waals surface area contributed by atoms with Crippen molar-refractivity contribution in [2.75, 3.05) is 38.2 Å². The molecule has 2 aromatic heterocycles. The molecule has 3 aliphatic carbocycles. The number of amides is 2. The summed E-state index contributed by atoms with van der Waals surface area (Å²) in [6.07, 6.45) is 8.67. The van der Waals surface area contributed by atoms with Crippen LogP contribution in [0.5, 0.6) is 11.5 Å². The van der Waals surface area contributed by atoms with Crippen LogP contribution in [0.1, 0.15) is 155 Å². The van der Waals surface area contributed by atoms with E-state index in [1.54, 1.807) is 45.3 Å². The first-order valence-electron chi connectivity index (χ1n) is 26.7. The number of alkyl halides is 2. The quantitative estimate of drug-likeness (QED) is 0.134. The smallest absolute Gasteiger partial charge is 0.264 e. The monoisotopic (exact) mass is 1010 g/mol. The minimum atomic E-state index is -2.73. The molecule has 15 nitrogen and oxygen atoms in total. The van der Waals surface area contributed by atoms with E-state index in [0.717, 1.165) is 61.4 Å². The van der Waals surface area contributed by atoms with E-state index < -0.39 is 6.43 Å². The fourth-order valence-electron chi connectivity index (χ4n) is 14.5. The van der Waals surface area contributed by atoms with Crippen molar-refractivity contribution in [2.24, 2.45) is 23.3 Å². The first-order chi connectivity index (χ1) is 35.5. The molecule has 3 aliphatic heterocycles. The summed E-state index contributed by atoms with van der Waals surface area (Å²) in [5.74, 6) is 2.53. The van der Waals surface area contributed by atoms with Crippen LogP contribution >= 0.6 is 0 Å². The summed E-state index contributed by atoms with van der Waals surface area (Å²) in [6, 6.07) is 19.8. The highest BCUT2D eigenvalue weighted by molar-refractivity contribution is 5.94. The van der Waals surface area contributed by atoms with Crippen LogP contribution in [0.25, 0.3) is 11.4 Å². The van der Waals surface area contributed by atoms with Gasteiger partial charge in [-0.1, -0.05) is 39.8 Å². The number of piperidine rings is 1. The number of carbonyl (C=O) groups is 2. The lowest BCUT2D eigenvalue weighted by Gasteiger charge is -2.63. The van der Waals surface area contributed by atoms with Gasteiger partial charge in [-0.3, -0.25) is 14.3 Å². The number of fused-ring (bicyclic) bond motifs is 2. The number of ether oxygens (including phenoxy) is 2. The van der Waals surface area contributed by atoms with Gasteiger partial charge in [0.2, 0.25) is 11.7 Å². The van der Waals surface area contributed by atoms with Gasteiger partial charge in [0.25, 0.3) is 12.3 Å². The Hall–Kier alpha value is -6.41. The Kier molecular flexibility index (Phi) is 12.8. The zero-order valence-electron chi connectivity index (χ0n) is 43.8. The van der Waals surface area contributed by atoms with E-state index >= 15 is 0 Å². The number of aryl methyl sites for hydroxylation is 2. The van der Waals surface area contributed by atoms with Crippen molar-refractivity contribution in [1.82, 2.24) is 45.1 Å². The van der Waals surface area contributed by atoms with Crippen molar-refractivity contribution in [3.63, 3.8) is 0 Å². The number of methoxy groups -OCH3 is 1. The van der Waals surface area contributed by atoms with Gasteiger partial charge >= 0.3 is 0 Å². The van der Waals surface area contributed by atoms with Crippen molar-refractivity contribution < 1.29 is 27.8 Å². The van der Waals surface area contributed by atoms with Crippen LogP contribution in [0.3, 0.4) is 0 Å². The molecule has 74 heavy (non-hydrogen) atoms. The molecular weight excluding hydrogens is 941 g/mol. The molecule has 3 aromatic carbocycles. The maximum Gasteiger partial charge on any atom is 0.264 e. The van der Waals surface area contributed by atoms with E-state index in [1.165, 1.54) is 54.6 Å². The predicted octanol–water partition coefficient (Wildman–Crippen LogP) is 9.64. The largest absolute Gasteiger partial charge is 0.495 e. The second-order valence-corrected chi connectivity index (χ2v) is 23.4. The van der Waals surface area contributed by atoms with E-state index in [0.29, 0.717) is 71.6 Å². The van der Waals surface area contributed by atoms with E-state index in [2.05, 4.69) is 81.1 Å². The molecule has 11 rings (SSSR count). The third-order valence-corrected chi connectivity index (χ3v) is 18.2. The zero-order valence-corrected chi connectivity index (χ0v) is 43.8. The number of anilines is 2. The second-order valence-electron chi connectivity index (χ2n) is 23.4. The Bertz CT molecular complexity index is 2970. The molecule has 1 spiro atoms. The Morgan fingerprint density at radius 1 is 0.892 bits per heavy atom. The van der Waals surface area contributed by atoms with Crippen LogP contribution in [0.15, 0.2) is 54.6 Å². The Balaban J connectivity index is 0.694. The van der Waals surface area contributed by atoms with Gasteiger partial charge in [-0.15, -0.1) is 10.2 Å². The van der Waals surface area contributed by atoms with Crippen molar-refractivity contribution >= 4 is 23.3 Å². The van der Waals surface area contributed by atoms with Gasteiger partial charge in [0.1, 0.15) is 23.7 Å². The molecular formula is C57H69F2N11O4. The van der Waals surface area contributed by atoms with Gasteiger partial charge in [-0.2, -0.15) is 15.2 Å². The highest BCUT2D eigenvalue weighted by Crippen LogP contribution is 2.59. The highest BCUT2D eigenvalue weighted by Gasteiger charge is 2.64. The van der Waals surface area contributed by atoms with Crippen LogP contribution in [-0.4, -0.2) is 103 Å². The number of nitrogens with one attached hydrogen (secondary N) is 1. The number of halogens is 2. The Labute approximate surface area is 432 Å². The molecule has 17 heteroatoms. The topological polar surface area (TPSA) is 160 Å². The average molecular weight is 1010 g/mol. The molecule has 1 N–H and O–H groups in total. The summed E-state index contributed by atoms with van der Waals surface area (Å²) in [5.41, 5.74) is 6.20. The van der Waals surface area contributed by atoms with Crippen molar-refractivity contribution in [3.8, 4) is 29.0 Å². The number of rotatable bonds is 11. The number of aromatic nitrogens is 6. The SMILES string of the molecule is COc1cc(OC2C(C)(C)C(NC(=O)c3ccc(C4CC5(CCC(N6CCC(n7nc(N8CCCc9cc(-c%10nnn(C)n%10)c(C(F)F)cc98)c8c7CCN(C(C)=O)C8)CC6)CC5)C4)cc3)C2(C)C)ccc1C#N. The molecule has 4 fully saturated rings. The molecule has 5 aromatic rings. The number of hydrogen-bond acceptors (Lipinski definition) is 11. The Morgan fingerprint density at radius 2 is 1.62 bits per heavy atom. The van der Waals surface area contributed by atoms with E-state index in [9.17, 15) is 23.6 Å². The molecule has 6 aliphatic rings. The summed E-state index contributed by atoms with van der Waals surface area (Å²) >= 11 is 0. The summed E-state index contributed by atoms with van der Waals surface area (Å²) < 4.78 is 43.7. The van der Waals surface area contributed by atoms with Crippen LogP contribution in [0.4, 0.5) is 20.3 Å². The summed E-state index contributed by atoms with van der Waals surface area (Å²) in [6.45, 7) is 13.9. The number of carbonyl (C=O) groups excluding carboxylic acids is 2. The fraction of sp³-hybridized carbons (Fsp3) is 0.561. The number of nitriles is 1. The van der Waals surface area contributed by atoms with E-state index in [-0.39, 0.29) is 52.2 Å². The van der Waals surface area contributed by atoms with Crippen LogP contribution in [0, 0.1) is 27.6 Å². The third kappa shape index (κ3) is 8.77. The molecule has 5 heterocycles. The minimum Gasteiger partial charge on any atom is -0.495 e. The number of hydrogen-bond donors (Lipinski definition) is 1. The first-order valence-corrected chi connectivity index (χ1v) is 26.7. The lowest BCUT2D eigenvalue weighted by atomic mass is 9.49. The lowest BCUT2D eigenvalue weighted by Crippen LogP contribution is -2.74. The summed E-state index contributed by atoms with van der Waals surface area (Å²) in [7, 11) is 3.17. The standard InChI is InChI=1S/C57H69F2N11O4/c1-34(71)68-26-20-46-45(33-68)51(69-23-8-9-37-27-44(50-62-65-66(6)63-50)43(49(58)59)29-47(37)69)64-70(46)41-18-24-67(25-19-41)40-16-21-57(22-17-40)30-39(31-57)35-10-12-36(13-11-35)52(72)61-53-55(2,3)54(56(53,4)5)74-42-15-14-38(32-60)48(28-42)73-7/h10-15,27-29,39-41,49,53-54H,8-9,16-26,30-31,33H2,1-7H3,(H,61,72). The normalized spacial score (nSPS) is 25.4. The van der Waals surface area contributed by atoms with E-state index in [4.69, 9.17) is 14.6 Å². The molecule has 0 atom stereocenters. The van der Waals surface area contributed by atoms with Gasteiger partial charge in [-0.05, 0) is 128 Å². The molecule has 0 bridgehead atoms. The Morgan fingerprint density at radius 3 is 2.27 bits per heavy atom. The molecule has 2 amide bonds. The molecule has 1 saturated heterocycles. The second kappa shape index (κ2) is 19.1. The minimum absolute atomic E-state index is 0.0230. The fourth-order valence-corrected chi connectivity index (χ4v) is 14.5.